The monoisotopic (exact) mass is 411 g/mol. The summed E-state index contributed by atoms with van der Waals surface area (Å²) in [7, 11) is 1.48. The number of benzene rings is 2. The highest BCUT2D eigenvalue weighted by atomic mass is 16.6. The van der Waals surface area contributed by atoms with E-state index < -0.39 is 5.97 Å². The van der Waals surface area contributed by atoms with Crippen LogP contribution in [0.25, 0.3) is 6.08 Å². The van der Waals surface area contributed by atoms with Gasteiger partial charge in [-0.05, 0) is 54.5 Å². The van der Waals surface area contributed by atoms with E-state index in [4.69, 9.17) is 14.2 Å². The van der Waals surface area contributed by atoms with Crippen LogP contribution in [0.3, 0.4) is 0 Å². The van der Waals surface area contributed by atoms with Crippen LogP contribution in [0.5, 0.6) is 17.2 Å². The average molecular weight is 411 g/mol. The van der Waals surface area contributed by atoms with E-state index in [-0.39, 0.29) is 11.9 Å². The fourth-order valence-corrected chi connectivity index (χ4v) is 2.49. The van der Waals surface area contributed by atoms with Gasteiger partial charge >= 0.3 is 11.9 Å². The summed E-state index contributed by atoms with van der Waals surface area (Å²) in [6, 6.07) is 11.4. The molecule has 0 aliphatic heterocycles. The molecular weight excluding hydrogens is 386 g/mol. The molecule has 2 rings (SSSR count). The first-order valence-electron chi connectivity index (χ1n) is 9.57. The van der Waals surface area contributed by atoms with E-state index in [1.165, 1.54) is 20.1 Å². The van der Waals surface area contributed by atoms with E-state index in [2.05, 4.69) is 5.32 Å². The van der Waals surface area contributed by atoms with Gasteiger partial charge < -0.3 is 19.5 Å². The molecule has 0 radical (unpaired) electrons. The van der Waals surface area contributed by atoms with E-state index in [1.54, 1.807) is 48.5 Å². The van der Waals surface area contributed by atoms with Gasteiger partial charge in [0.25, 0.3) is 0 Å². The number of ether oxygens (including phenoxy) is 3. The van der Waals surface area contributed by atoms with Crippen LogP contribution in [0.15, 0.2) is 48.5 Å². The Balaban J connectivity index is 1.98. The Hall–Kier alpha value is -3.61. The zero-order chi connectivity index (χ0) is 21.9. The Morgan fingerprint density at radius 3 is 2.37 bits per heavy atom. The second-order valence-electron chi connectivity index (χ2n) is 6.45. The summed E-state index contributed by atoms with van der Waals surface area (Å²) in [5, 5.41) is 2.63. The van der Waals surface area contributed by atoms with Crippen molar-refractivity contribution in [2.75, 3.05) is 12.4 Å². The first-order chi connectivity index (χ1) is 14.4. The summed E-state index contributed by atoms with van der Waals surface area (Å²) in [5.74, 6) is 0.0230. The Morgan fingerprint density at radius 2 is 1.73 bits per heavy atom. The molecule has 0 aromatic heterocycles. The topological polar surface area (TPSA) is 90.9 Å². The maximum Gasteiger partial charge on any atom is 0.336 e. The molecular formula is C23H25NO6. The van der Waals surface area contributed by atoms with E-state index in [0.29, 0.717) is 34.9 Å². The number of nitrogens with one attached hydrogen (secondary N) is 1. The van der Waals surface area contributed by atoms with Gasteiger partial charge in [-0.25, -0.2) is 4.79 Å². The minimum atomic E-state index is -0.559. The number of carbonyl (C=O) groups is 3. The van der Waals surface area contributed by atoms with Gasteiger partial charge in [0.05, 0.1) is 7.11 Å². The molecule has 30 heavy (non-hydrogen) atoms. The van der Waals surface area contributed by atoms with Crippen LogP contribution < -0.4 is 19.5 Å². The molecule has 1 amide bonds. The SMILES string of the molecule is CCCCC(=O)Oc1ccc(C=CC(=O)Oc2ccc(NC(C)=O)cc2)cc1OC. The van der Waals surface area contributed by atoms with Gasteiger partial charge in [-0.2, -0.15) is 0 Å². The average Bonchev–Trinajstić information content (AvgIpc) is 2.72. The Kier molecular flexibility index (Phi) is 8.62. The van der Waals surface area contributed by atoms with Crippen molar-refractivity contribution in [3.63, 3.8) is 0 Å². The van der Waals surface area contributed by atoms with E-state index in [9.17, 15) is 14.4 Å². The highest BCUT2D eigenvalue weighted by molar-refractivity contribution is 5.90. The number of anilines is 1. The summed E-state index contributed by atoms with van der Waals surface area (Å²) in [4.78, 5) is 34.9. The maximum atomic E-state index is 12.0. The Labute approximate surface area is 175 Å². The molecule has 0 spiro atoms. The smallest absolute Gasteiger partial charge is 0.336 e. The molecule has 1 N–H and O–H groups in total. The van der Waals surface area contributed by atoms with Crippen molar-refractivity contribution in [2.45, 2.75) is 33.1 Å². The summed E-state index contributed by atoms with van der Waals surface area (Å²) in [6.45, 7) is 3.41. The molecule has 0 aliphatic carbocycles. The van der Waals surface area contributed by atoms with Crippen LogP contribution >= 0.6 is 0 Å². The zero-order valence-electron chi connectivity index (χ0n) is 17.3. The standard InChI is InChI=1S/C23H25NO6/c1-4-5-6-22(26)30-20-13-7-17(15-21(20)28-3)8-14-23(27)29-19-11-9-18(10-12-19)24-16(2)25/h7-15H,4-6H2,1-3H3,(H,24,25). The fraction of sp³-hybridized carbons (Fsp3) is 0.261. The highest BCUT2D eigenvalue weighted by Crippen LogP contribution is 2.29. The molecule has 0 saturated heterocycles. The summed E-state index contributed by atoms with van der Waals surface area (Å²) >= 11 is 0. The van der Waals surface area contributed by atoms with Crippen molar-refractivity contribution in [2.24, 2.45) is 0 Å². The molecule has 7 heteroatoms. The normalized spacial score (nSPS) is 10.5. The van der Waals surface area contributed by atoms with Gasteiger partial charge in [0.1, 0.15) is 5.75 Å². The first-order valence-corrected chi connectivity index (χ1v) is 9.57. The van der Waals surface area contributed by atoms with Crippen LogP contribution in [0, 0.1) is 0 Å². The van der Waals surface area contributed by atoms with Crippen molar-refractivity contribution in [1.82, 2.24) is 0 Å². The van der Waals surface area contributed by atoms with Crippen molar-refractivity contribution in [3.8, 4) is 17.2 Å². The zero-order valence-corrected chi connectivity index (χ0v) is 17.3. The highest BCUT2D eigenvalue weighted by Gasteiger charge is 2.10. The van der Waals surface area contributed by atoms with Gasteiger partial charge in [-0.1, -0.05) is 19.4 Å². The second kappa shape index (κ2) is 11.4. The van der Waals surface area contributed by atoms with Gasteiger partial charge in [0.2, 0.25) is 5.91 Å². The van der Waals surface area contributed by atoms with Crippen molar-refractivity contribution >= 4 is 29.6 Å². The molecule has 7 nitrogen and oxygen atoms in total. The molecule has 2 aromatic rings. The predicted molar refractivity (Wildman–Crippen MR) is 114 cm³/mol. The molecule has 2 aromatic carbocycles. The lowest BCUT2D eigenvalue weighted by Gasteiger charge is -2.10. The van der Waals surface area contributed by atoms with Crippen LogP contribution in [0.2, 0.25) is 0 Å². The molecule has 0 fully saturated rings. The summed E-state index contributed by atoms with van der Waals surface area (Å²) in [6.07, 6.45) is 4.87. The van der Waals surface area contributed by atoms with Gasteiger partial charge in [-0.3, -0.25) is 9.59 Å². The van der Waals surface area contributed by atoms with Crippen molar-refractivity contribution < 1.29 is 28.6 Å². The third-order valence-corrected chi connectivity index (χ3v) is 3.95. The molecule has 0 atom stereocenters. The van der Waals surface area contributed by atoms with Crippen LogP contribution in [0.1, 0.15) is 38.7 Å². The predicted octanol–water partition coefficient (Wildman–Crippen LogP) is 4.37. The number of carbonyl (C=O) groups excluding carboxylic acids is 3. The summed E-state index contributed by atoms with van der Waals surface area (Å²) in [5.41, 5.74) is 1.29. The number of methoxy groups -OCH3 is 1. The van der Waals surface area contributed by atoms with Gasteiger partial charge in [-0.15, -0.1) is 0 Å². The number of amides is 1. The number of hydrogen-bond acceptors (Lipinski definition) is 6. The Bertz CT molecular complexity index is 918. The lowest BCUT2D eigenvalue weighted by Crippen LogP contribution is -2.08. The van der Waals surface area contributed by atoms with E-state index in [1.807, 2.05) is 6.92 Å². The molecule has 0 saturated carbocycles. The number of rotatable bonds is 9. The lowest BCUT2D eigenvalue weighted by molar-refractivity contribution is -0.134. The van der Waals surface area contributed by atoms with Crippen LogP contribution in [-0.2, 0) is 14.4 Å². The van der Waals surface area contributed by atoms with Gasteiger partial charge in [0.15, 0.2) is 11.5 Å². The van der Waals surface area contributed by atoms with E-state index >= 15 is 0 Å². The quantitative estimate of drug-likeness (QED) is 0.374. The number of esters is 2. The van der Waals surface area contributed by atoms with Gasteiger partial charge in [0, 0.05) is 25.1 Å². The molecule has 0 bridgehead atoms. The largest absolute Gasteiger partial charge is 0.493 e. The third kappa shape index (κ3) is 7.43. The van der Waals surface area contributed by atoms with Crippen LogP contribution in [0.4, 0.5) is 5.69 Å². The van der Waals surface area contributed by atoms with Crippen molar-refractivity contribution in [3.05, 3.63) is 54.1 Å². The minimum absolute atomic E-state index is 0.181. The maximum absolute atomic E-state index is 12.0. The summed E-state index contributed by atoms with van der Waals surface area (Å²) < 4.78 is 15.8. The van der Waals surface area contributed by atoms with Crippen molar-refractivity contribution in [1.29, 1.82) is 0 Å². The second-order valence-corrected chi connectivity index (χ2v) is 6.45. The fourth-order valence-electron chi connectivity index (χ4n) is 2.49. The number of unbranched alkanes of at least 4 members (excludes halogenated alkanes) is 1. The van der Waals surface area contributed by atoms with E-state index in [0.717, 1.165) is 12.8 Å². The lowest BCUT2D eigenvalue weighted by atomic mass is 10.2. The minimum Gasteiger partial charge on any atom is -0.493 e. The molecule has 0 aliphatic rings. The number of hydrogen-bond donors (Lipinski definition) is 1. The van der Waals surface area contributed by atoms with Crippen LogP contribution in [-0.4, -0.2) is 25.0 Å². The molecule has 0 heterocycles. The third-order valence-electron chi connectivity index (χ3n) is 3.95. The first kappa shape index (κ1) is 22.7. The molecule has 158 valence electrons. The molecule has 0 unspecified atom stereocenters. The Morgan fingerprint density at radius 1 is 1.00 bits per heavy atom.